The molecule has 1 aromatic rings. The van der Waals surface area contributed by atoms with E-state index in [9.17, 15) is 4.79 Å². The lowest BCUT2D eigenvalue weighted by Crippen LogP contribution is -2.35. The molecule has 0 spiro atoms. The van der Waals surface area contributed by atoms with Crippen molar-refractivity contribution in [2.75, 3.05) is 6.54 Å². The van der Waals surface area contributed by atoms with E-state index in [4.69, 9.17) is 0 Å². The molecular formula is C12H20N2O. The molecule has 0 saturated heterocycles. The fourth-order valence-electron chi connectivity index (χ4n) is 1.29. The van der Waals surface area contributed by atoms with Crippen molar-refractivity contribution in [1.82, 2.24) is 9.88 Å². The smallest absolute Gasteiger partial charge is 0.225 e. The lowest BCUT2D eigenvalue weighted by Gasteiger charge is -2.17. The molecule has 0 atom stereocenters. The van der Waals surface area contributed by atoms with Crippen LogP contribution < -0.4 is 5.32 Å². The molecule has 0 aliphatic heterocycles. The number of hydrogen-bond donors (Lipinski definition) is 1. The first-order valence-corrected chi connectivity index (χ1v) is 5.29. The Kier molecular flexibility index (Phi) is 3.56. The second-order valence-electron chi connectivity index (χ2n) is 4.94. The van der Waals surface area contributed by atoms with Crippen molar-refractivity contribution in [2.24, 2.45) is 12.5 Å². The first-order valence-electron chi connectivity index (χ1n) is 5.29. The van der Waals surface area contributed by atoms with E-state index in [0.29, 0.717) is 6.54 Å². The zero-order valence-corrected chi connectivity index (χ0v) is 10.0. The van der Waals surface area contributed by atoms with Gasteiger partial charge in [-0.1, -0.05) is 20.8 Å². The Bertz CT molecular complexity index is 334. The van der Waals surface area contributed by atoms with E-state index in [1.807, 2.05) is 38.6 Å². The number of amides is 1. The summed E-state index contributed by atoms with van der Waals surface area (Å²) in [4.78, 5) is 11.5. The first kappa shape index (κ1) is 11.8. The van der Waals surface area contributed by atoms with Crippen LogP contribution in [0.1, 0.15) is 26.3 Å². The predicted molar refractivity (Wildman–Crippen MR) is 61.6 cm³/mol. The molecule has 0 radical (unpaired) electrons. The molecule has 0 aromatic carbocycles. The number of aryl methyl sites for hydroxylation is 1. The van der Waals surface area contributed by atoms with Crippen LogP contribution in [0.3, 0.4) is 0 Å². The Morgan fingerprint density at radius 1 is 1.47 bits per heavy atom. The number of nitrogens with zero attached hydrogens (tertiary/aromatic N) is 1. The third kappa shape index (κ3) is 3.78. The monoisotopic (exact) mass is 208 g/mol. The summed E-state index contributed by atoms with van der Waals surface area (Å²) in [5.74, 6) is 0.110. The summed E-state index contributed by atoms with van der Waals surface area (Å²) in [5.41, 5.74) is 0.961. The van der Waals surface area contributed by atoms with E-state index in [1.54, 1.807) is 0 Å². The Labute approximate surface area is 91.5 Å². The molecule has 0 aliphatic rings. The highest BCUT2D eigenvalue weighted by atomic mass is 16.2. The van der Waals surface area contributed by atoms with E-state index in [-0.39, 0.29) is 11.3 Å². The highest BCUT2D eigenvalue weighted by molar-refractivity contribution is 5.81. The van der Waals surface area contributed by atoms with Gasteiger partial charge in [0.15, 0.2) is 0 Å². The van der Waals surface area contributed by atoms with Gasteiger partial charge in [0.1, 0.15) is 0 Å². The van der Waals surface area contributed by atoms with E-state index in [2.05, 4.69) is 17.6 Å². The summed E-state index contributed by atoms with van der Waals surface area (Å²) >= 11 is 0. The van der Waals surface area contributed by atoms with Crippen molar-refractivity contribution in [2.45, 2.75) is 27.2 Å². The zero-order valence-electron chi connectivity index (χ0n) is 10.0. The first-order chi connectivity index (χ1) is 6.89. The van der Waals surface area contributed by atoms with Gasteiger partial charge in [0.05, 0.1) is 0 Å². The van der Waals surface area contributed by atoms with Crippen LogP contribution in [0, 0.1) is 5.41 Å². The lowest BCUT2D eigenvalue weighted by atomic mass is 9.96. The Balaban J connectivity index is 2.31. The van der Waals surface area contributed by atoms with Gasteiger partial charge in [-0.15, -0.1) is 0 Å². The van der Waals surface area contributed by atoms with Crippen molar-refractivity contribution in [3.63, 3.8) is 0 Å². The van der Waals surface area contributed by atoms with Crippen LogP contribution in [0.4, 0.5) is 0 Å². The minimum absolute atomic E-state index is 0.110. The average molecular weight is 208 g/mol. The number of rotatable bonds is 3. The minimum atomic E-state index is -0.295. The standard InChI is InChI=1S/C12H20N2O/c1-12(2,3)11(15)13-7-5-10-6-8-14(4)9-10/h6,8-9H,5,7H2,1-4H3,(H,13,15). The number of aromatic nitrogens is 1. The van der Waals surface area contributed by atoms with Gasteiger partial charge >= 0.3 is 0 Å². The van der Waals surface area contributed by atoms with Crippen LogP contribution in [-0.4, -0.2) is 17.0 Å². The number of carbonyl (C=O) groups excluding carboxylic acids is 1. The lowest BCUT2D eigenvalue weighted by molar-refractivity contribution is -0.128. The molecule has 15 heavy (non-hydrogen) atoms. The van der Waals surface area contributed by atoms with Gasteiger partial charge < -0.3 is 9.88 Å². The molecule has 84 valence electrons. The van der Waals surface area contributed by atoms with Crippen molar-refractivity contribution in [3.05, 3.63) is 24.0 Å². The van der Waals surface area contributed by atoms with Gasteiger partial charge in [-0.25, -0.2) is 0 Å². The summed E-state index contributed by atoms with van der Waals surface area (Å²) < 4.78 is 2.01. The largest absolute Gasteiger partial charge is 0.357 e. The van der Waals surface area contributed by atoms with E-state index in [0.717, 1.165) is 6.42 Å². The molecule has 0 fully saturated rings. The molecular weight excluding hydrogens is 188 g/mol. The summed E-state index contributed by atoms with van der Waals surface area (Å²) in [6.45, 7) is 6.47. The SMILES string of the molecule is Cn1ccc(CCNC(=O)C(C)(C)C)c1. The molecule has 0 unspecified atom stereocenters. The van der Waals surface area contributed by atoms with Crippen molar-refractivity contribution in [1.29, 1.82) is 0 Å². The van der Waals surface area contributed by atoms with Crippen LogP contribution in [0.5, 0.6) is 0 Å². The zero-order chi connectivity index (χ0) is 11.5. The van der Waals surface area contributed by atoms with Crippen molar-refractivity contribution < 1.29 is 4.79 Å². The summed E-state index contributed by atoms with van der Waals surface area (Å²) in [7, 11) is 2.00. The van der Waals surface area contributed by atoms with Crippen LogP contribution in [0.2, 0.25) is 0 Å². The molecule has 0 bridgehead atoms. The van der Waals surface area contributed by atoms with Gasteiger partial charge in [0.25, 0.3) is 0 Å². The maximum atomic E-state index is 11.5. The van der Waals surface area contributed by atoms with E-state index in [1.165, 1.54) is 5.56 Å². The fraction of sp³-hybridized carbons (Fsp3) is 0.583. The molecule has 0 saturated carbocycles. The molecule has 1 amide bonds. The number of nitrogens with one attached hydrogen (secondary N) is 1. The molecule has 0 aliphatic carbocycles. The maximum absolute atomic E-state index is 11.5. The van der Waals surface area contributed by atoms with Crippen LogP contribution in [0.15, 0.2) is 18.5 Å². The highest BCUT2D eigenvalue weighted by Crippen LogP contribution is 2.12. The highest BCUT2D eigenvalue weighted by Gasteiger charge is 2.20. The normalized spacial score (nSPS) is 11.5. The second-order valence-corrected chi connectivity index (χ2v) is 4.94. The Morgan fingerprint density at radius 3 is 2.60 bits per heavy atom. The molecule has 1 heterocycles. The van der Waals surface area contributed by atoms with Gasteiger partial charge in [-0.2, -0.15) is 0 Å². The molecule has 3 nitrogen and oxygen atoms in total. The number of hydrogen-bond acceptors (Lipinski definition) is 1. The Morgan fingerprint density at radius 2 is 2.13 bits per heavy atom. The van der Waals surface area contributed by atoms with Crippen LogP contribution in [-0.2, 0) is 18.3 Å². The Hall–Kier alpha value is -1.25. The topological polar surface area (TPSA) is 34.0 Å². The summed E-state index contributed by atoms with van der Waals surface area (Å²) in [6.07, 6.45) is 4.98. The summed E-state index contributed by atoms with van der Waals surface area (Å²) in [6, 6.07) is 2.07. The third-order valence-electron chi connectivity index (χ3n) is 2.27. The number of carbonyl (C=O) groups is 1. The second kappa shape index (κ2) is 4.51. The van der Waals surface area contributed by atoms with Gasteiger partial charge in [-0.3, -0.25) is 4.79 Å². The fourth-order valence-corrected chi connectivity index (χ4v) is 1.29. The van der Waals surface area contributed by atoms with Crippen molar-refractivity contribution in [3.8, 4) is 0 Å². The molecule has 1 N–H and O–H groups in total. The third-order valence-corrected chi connectivity index (χ3v) is 2.27. The van der Waals surface area contributed by atoms with E-state index >= 15 is 0 Å². The van der Waals surface area contributed by atoms with Gasteiger partial charge in [-0.05, 0) is 18.1 Å². The van der Waals surface area contributed by atoms with E-state index < -0.39 is 0 Å². The quantitative estimate of drug-likeness (QED) is 0.806. The maximum Gasteiger partial charge on any atom is 0.225 e. The van der Waals surface area contributed by atoms with Crippen molar-refractivity contribution >= 4 is 5.91 Å². The van der Waals surface area contributed by atoms with Gasteiger partial charge in [0.2, 0.25) is 5.91 Å². The predicted octanol–water partition coefficient (Wildman–Crippen LogP) is 1.73. The minimum Gasteiger partial charge on any atom is -0.357 e. The van der Waals surface area contributed by atoms with Crippen LogP contribution in [0.25, 0.3) is 0 Å². The average Bonchev–Trinajstić information content (AvgIpc) is 2.49. The molecule has 1 rings (SSSR count). The molecule has 3 heteroatoms. The molecule has 1 aromatic heterocycles. The van der Waals surface area contributed by atoms with Crippen LogP contribution >= 0.6 is 0 Å². The summed E-state index contributed by atoms with van der Waals surface area (Å²) in [5, 5.41) is 2.93. The van der Waals surface area contributed by atoms with Gasteiger partial charge in [0, 0.05) is 31.4 Å².